The van der Waals surface area contributed by atoms with Crippen molar-refractivity contribution in [2.45, 2.75) is 33.8 Å². The van der Waals surface area contributed by atoms with Crippen LogP contribution in [0.25, 0.3) is 11.4 Å². The van der Waals surface area contributed by atoms with Gasteiger partial charge < -0.3 is 20.0 Å². The highest BCUT2D eigenvalue weighted by Crippen LogP contribution is 2.34. The summed E-state index contributed by atoms with van der Waals surface area (Å²) in [7, 11) is 1.57. The molecule has 0 bridgehead atoms. The van der Waals surface area contributed by atoms with E-state index in [-0.39, 0.29) is 5.97 Å². The normalized spacial score (nSPS) is 11.2. The monoisotopic (exact) mass is 451 g/mol. The number of nitrogens with zero attached hydrogens (tertiary/aromatic N) is 3. The lowest BCUT2D eigenvalue weighted by molar-refractivity contribution is -0.149. The van der Waals surface area contributed by atoms with Crippen molar-refractivity contribution in [3.8, 4) is 17.1 Å². The average Bonchev–Trinajstić information content (AvgIpc) is 2.80. The second-order valence-electron chi connectivity index (χ2n) is 8.40. The Labute approximate surface area is 193 Å². The van der Waals surface area contributed by atoms with Gasteiger partial charge in [0.05, 0.1) is 42.7 Å². The first-order chi connectivity index (χ1) is 15.8. The minimum absolute atomic E-state index is 0.309. The summed E-state index contributed by atoms with van der Waals surface area (Å²) in [6.45, 7) is 6.10. The Morgan fingerprint density at radius 1 is 1.12 bits per heavy atom. The third-order valence-electron chi connectivity index (χ3n) is 4.64. The van der Waals surface area contributed by atoms with E-state index in [1.54, 1.807) is 52.4 Å². The number of ether oxygens (including phenoxy) is 2. The summed E-state index contributed by atoms with van der Waals surface area (Å²) in [5, 5.41) is 0. The molecule has 2 aromatic heterocycles. The van der Waals surface area contributed by atoms with Crippen LogP contribution in [0.4, 0.5) is 11.5 Å². The van der Waals surface area contributed by atoms with E-state index in [1.165, 1.54) is 0 Å². The van der Waals surface area contributed by atoms with Crippen molar-refractivity contribution in [1.82, 2.24) is 15.0 Å². The second-order valence-corrected chi connectivity index (χ2v) is 8.40. The first kappa shape index (κ1) is 23.9. The number of nitrogens with two attached hydrogens (primary N) is 1. The quantitative estimate of drug-likeness (QED) is 0.284. The second kappa shape index (κ2) is 10.7. The van der Waals surface area contributed by atoms with Crippen molar-refractivity contribution in [3.05, 3.63) is 60.0 Å². The lowest BCUT2D eigenvalue weighted by Gasteiger charge is -2.16. The zero-order valence-electron chi connectivity index (χ0n) is 19.3. The van der Waals surface area contributed by atoms with Gasteiger partial charge in [-0.3, -0.25) is 0 Å². The largest absolute Gasteiger partial charge is 0.494 e. The highest BCUT2D eigenvalue weighted by molar-refractivity contribution is 5.76. The van der Waals surface area contributed by atoms with Gasteiger partial charge in [-0.1, -0.05) is 6.07 Å². The minimum atomic E-state index is -0.606. The number of anilines is 2. The lowest BCUT2D eigenvalue weighted by Crippen LogP contribution is -2.25. The van der Waals surface area contributed by atoms with Crippen LogP contribution in [-0.2, 0) is 27.4 Å². The Bertz CT molecular complexity index is 1080. The van der Waals surface area contributed by atoms with Gasteiger partial charge in [-0.25, -0.2) is 25.2 Å². The van der Waals surface area contributed by atoms with Crippen molar-refractivity contribution >= 4 is 17.5 Å². The number of nitrogens with one attached hydrogen (secondary N) is 1. The molecule has 0 saturated heterocycles. The van der Waals surface area contributed by atoms with Gasteiger partial charge in [-0.2, -0.15) is 0 Å². The predicted molar refractivity (Wildman–Crippen MR) is 125 cm³/mol. The topological polar surface area (TPSA) is 121 Å². The van der Waals surface area contributed by atoms with E-state index in [1.807, 2.05) is 24.3 Å². The molecule has 3 aromatic rings. The summed E-state index contributed by atoms with van der Waals surface area (Å²) in [5.74, 6) is 1.16. The third kappa shape index (κ3) is 6.63. The Hall–Kier alpha value is -3.72. The highest BCUT2D eigenvalue weighted by Gasteiger charge is 2.23. The van der Waals surface area contributed by atoms with Crippen LogP contribution in [0.3, 0.4) is 0 Å². The molecule has 0 unspecified atom stereocenters. The van der Waals surface area contributed by atoms with Crippen molar-refractivity contribution in [2.75, 3.05) is 24.9 Å². The van der Waals surface area contributed by atoms with Crippen LogP contribution in [0.15, 0.2) is 48.8 Å². The SMILES string of the molecule is COc1c(N)cc(CCOCc2cccc(NOC(=O)C(C)(C)C)n2)cc1-c1ncccn1. The fourth-order valence-corrected chi connectivity index (χ4v) is 2.93. The van der Waals surface area contributed by atoms with Gasteiger partial charge in [-0.05, 0) is 63.1 Å². The van der Waals surface area contributed by atoms with E-state index < -0.39 is 5.41 Å². The molecule has 174 valence electrons. The number of benzene rings is 1. The van der Waals surface area contributed by atoms with Gasteiger partial charge in [0.1, 0.15) is 0 Å². The number of nitrogen functional groups attached to an aromatic ring is 1. The van der Waals surface area contributed by atoms with Crippen LogP contribution in [0.1, 0.15) is 32.0 Å². The van der Waals surface area contributed by atoms with Crippen molar-refractivity contribution in [1.29, 1.82) is 0 Å². The van der Waals surface area contributed by atoms with E-state index >= 15 is 0 Å². The van der Waals surface area contributed by atoms with E-state index in [4.69, 9.17) is 20.0 Å². The molecule has 0 aliphatic rings. The molecule has 1 aromatic carbocycles. The Morgan fingerprint density at radius 2 is 1.88 bits per heavy atom. The Balaban J connectivity index is 1.57. The highest BCUT2D eigenvalue weighted by atomic mass is 16.7. The Morgan fingerprint density at radius 3 is 2.58 bits per heavy atom. The fraction of sp³-hybridized carbons (Fsp3) is 0.333. The number of pyridine rings is 1. The van der Waals surface area contributed by atoms with Crippen molar-refractivity contribution < 1.29 is 19.1 Å². The number of methoxy groups -OCH3 is 1. The number of carbonyl (C=O) groups is 1. The van der Waals surface area contributed by atoms with Crippen molar-refractivity contribution in [2.24, 2.45) is 5.41 Å². The van der Waals surface area contributed by atoms with Crippen LogP contribution < -0.4 is 16.0 Å². The third-order valence-corrected chi connectivity index (χ3v) is 4.64. The molecule has 0 spiro atoms. The molecule has 9 heteroatoms. The molecule has 9 nitrogen and oxygen atoms in total. The Kier molecular flexibility index (Phi) is 7.78. The van der Waals surface area contributed by atoms with Crippen molar-refractivity contribution in [3.63, 3.8) is 0 Å². The van der Waals surface area contributed by atoms with Gasteiger partial charge in [0.2, 0.25) is 0 Å². The van der Waals surface area contributed by atoms with Gasteiger partial charge in [0.25, 0.3) is 0 Å². The van der Waals surface area contributed by atoms with E-state index in [9.17, 15) is 4.79 Å². The summed E-state index contributed by atoms with van der Waals surface area (Å²) >= 11 is 0. The number of rotatable bonds is 9. The van der Waals surface area contributed by atoms with Crippen LogP contribution in [0.5, 0.6) is 5.75 Å². The molecule has 0 saturated carbocycles. The minimum Gasteiger partial charge on any atom is -0.494 e. The summed E-state index contributed by atoms with van der Waals surface area (Å²) in [6, 6.07) is 10.9. The van der Waals surface area contributed by atoms with Crippen LogP contribution in [0.2, 0.25) is 0 Å². The van der Waals surface area contributed by atoms with Gasteiger partial charge >= 0.3 is 5.97 Å². The molecule has 0 amide bonds. The molecule has 2 heterocycles. The first-order valence-corrected chi connectivity index (χ1v) is 10.5. The summed E-state index contributed by atoms with van der Waals surface area (Å²) < 4.78 is 11.3. The summed E-state index contributed by atoms with van der Waals surface area (Å²) in [5.41, 5.74) is 11.1. The molecular weight excluding hydrogens is 422 g/mol. The maximum atomic E-state index is 11.9. The maximum absolute atomic E-state index is 11.9. The zero-order valence-corrected chi connectivity index (χ0v) is 19.3. The number of hydrogen-bond donors (Lipinski definition) is 2. The molecule has 0 aliphatic heterocycles. The molecule has 3 N–H and O–H groups in total. The number of hydrogen-bond acceptors (Lipinski definition) is 9. The van der Waals surface area contributed by atoms with Gasteiger partial charge in [0, 0.05) is 12.4 Å². The molecule has 0 atom stereocenters. The maximum Gasteiger partial charge on any atom is 0.337 e. The molecule has 3 rings (SSSR count). The van der Waals surface area contributed by atoms with E-state index in [0.29, 0.717) is 48.4 Å². The number of carbonyl (C=O) groups excluding carboxylic acids is 1. The molecular formula is C24H29N5O4. The summed E-state index contributed by atoms with van der Waals surface area (Å²) in [4.78, 5) is 30.0. The van der Waals surface area contributed by atoms with E-state index in [2.05, 4.69) is 20.4 Å². The standard InChI is InChI=1S/C24H29N5O4/c1-24(2,3)23(30)33-29-20-8-5-7-17(28-20)15-32-12-9-16-13-18(21(31-4)19(25)14-16)22-26-10-6-11-27-22/h5-8,10-11,13-14H,9,12,15,25H2,1-4H3,(H,28,29). The lowest BCUT2D eigenvalue weighted by atomic mass is 9.98. The van der Waals surface area contributed by atoms with Crippen LogP contribution >= 0.6 is 0 Å². The van der Waals surface area contributed by atoms with Crippen LogP contribution in [-0.4, -0.2) is 34.6 Å². The first-order valence-electron chi connectivity index (χ1n) is 10.5. The predicted octanol–water partition coefficient (Wildman–Crippen LogP) is 3.80. The van der Waals surface area contributed by atoms with E-state index in [0.717, 1.165) is 11.1 Å². The fourth-order valence-electron chi connectivity index (χ4n) is 2.93. The molecule has 33 heavy (non-hydrogen) atoms. The molecule has 0 fully saturated rings. The van der Waals surface area contributed by atoms with Crippen LogP contribution in [0, 0.1) is 5.41 Å². The molecule has 0 radical (unpaired) electrons. The number of aromatic nitrogens is 3. The summed E-state index contributed by atoms with van der Waals surface area (Å²) in [6.07, 6.45) is 3.98. The van der Waals surface area contributed by atoms with Gasteiger partial charge in [0.15, 0.2) is 17.4 Å². The average molecular weight is 452 g/mol. The smallest absolute Gasteiger partial charge is 0.337 e. The molecule has 0 aliphatic carbocycles. The zero-order chi connectivity index (χ0) is 23.8. The van der Waals surface area contributed by atoms with Gasteiger partial charge in [-0.15, -0.1) is 0 Å².